The number of carbonyl (C=O) groups excluding carboxylic acids is 4. The van der Waals surface area contributed by atoms with Gasteiger partial charge < -0.3 is 20.1 Å². The summed E-state index contributed by atoms with van der Waals surface area (Å²) in [4.78, 5) is 77.2. The van der Waals surface area contributed by atoms with E-state index in [1.807, 2.05) is 103 Å². The number of carbonyl (C=O) groups is 5. The van der Waals surface area contributed by atoms with Crippen molar-refractivity contribution in [2.75, 3.05) is 48.3 Å². The zero-order valence-electron chi connectivity index (χ0n) is 39.9. The Hall–Kier alpha value is -7.50. The van der Waals surface area contributed by atoms with Crippen LogP contribution < -0.4 is 25.6 Å². The maximum absolute atomic E-state index is 13.6. The zero-order valence-corrected chi connectivity index (χ0v) is 40.7. The standard InChI is InChI=1S/C54H55N9O7S/c1-31(25-33-19-22-62(23-20-33)29-48(65)55-35-11-13-40-44(27-35)61(3)60-49(40)41-16-18-47(64)58-52(41)67)30-70-36-12-14-37(32(2)26-36)38-15-17-46(57-50(38)53(68)69)63-24-21-34-7-6-8-39(42(34)28-63)51(66)59-54-56-43-9-4-5-10-45(43)71-54/h4-15,17,26-27,31,33,41H,16,18-25,28-30H2,1-3H3,(H,55,65)(H,68,69)(H,56,59,66)(H,58,64,67)/t31-,41?/m0/s1. The van der Waals surface area contributed by atoms with E-state index in [1.54, 1.807) is 11.7 Å². The van der Waals surface area contributed by atoms with Crippen molar-refractivity contribution in [2.45, 2.75) is 64.8 Å². The van der Waals surface area contributed by atoms with E-state index in [2.05, 4.69) is 37.9 Å². The maximum Gasteiger partial charge on any atom is 0.355 e. The molecular weight excluding hydrogens is 919 g/mol. The molecule has 2 fully saturated rings. The molecule has 71 heavy (non-hydrogen) atoms. The molecule has 2 atom stereocenters. The summed E-state index contributed by atoms with van der Waals surface area (Å²) in [5.41, 5.74) is 7.54. The summed E-state index contributed by atoms with van der Waals surface area (Å²) >= 11 is 1.43. The van der Waals surface area contributed by atoms with Crippen LogP contribution in [0.25, 0.3) is 32.2 Å². The molecule has 3 aliphatic rings. The lowest BCUT2D eigenvalue weighted by Crippen LogP contribution is -2.39. The van der Waals surface area contributed by atoms with E-state index >= 15 is 0 Å². The number of fused-ring (bicyclic) bond motifs is 3. The van der Waals surface area contributed by atoms with Crippen molar-refractivity contribution in [1.29, 1.82) is 0 Å². The quantitative estimate of drug-likeness (QED) is 0.0761. The van der Waals surface area contributed by atoms with Crippen LogP contribution in [0.5, 0.6) is 5.75 Å². The molecule has 10 rings (SSSR count). The van der Waals surface area contributed by atoms with Crippen LogP contribution in [0.1, 0.15) is 88.2 Å². The van der Waals surface area contributed by atoms with Crippen LogP contribution in [0.4, 0.5) is 16.6 Å². The number of thiazole rings is 1. The number of para-hydroxylation sites is 1. The number of ether oxygens (including phenoxy) is 1. The predicted octanol–water partition coefficient (Wildman–Crippen LogP) is 8.34. The number of hydrogen-bond acceptors (Lipinski definition) is 12. The predicted molar refractivity (Wildman–Crippen MR) is 273 cm³/mol. The highest BCUT2D eigenvalue weighted by Gasteiger charge is 2.32. The van der Waals surface area contributed by atoms with Crippen LogP contribution in [-0.2, 0) is 34.4 Å². The van der Waals surface area contributed by atoms with E-state index in [0.29, 0.717) is 90.1 Å². The van der Waals surface area contributed by atoms with E-state index in [0.717, 1.165) is 75.7 Å². The van der Waals surface area contributed by atoms with Gasteiger partial charge in [0.25, 0.3) is 5.91 Å². The number of anilines is 3. The van der Waals surface area contributed by atoms with Crippen molar-refractivity contribution >= 4 is 78.7 Å². The van der Waals surface area contributed by atoms with Gasteiger partial charge in [0.15, 0.2) is 10.8 Å². The summed E-state index contributed by atoms with van der Waals surface area (Å²) in [6, 6.07) is 28.5. The normalized spacial score (nSPS) is 16.9. The number of imide groups is 1. The van der Waals surface area contributed by atoms with Crippen molar-refractivity contribution in [3.63, 3.8) is 0 Å². The number of hydrogen-bond donors (Lipinski definition) is 4. The van der Waals surface area contributed by atoms with E-state index in [4.69, 9.17) is 9.72 Å². The van der Waals surface area contributed by atoms with Gasteiger partial charge in [-0.2, -0.15) is 5.10 Å². The highest BCUT2D eigenvalue weighted by atomic mass is 32.1. The summed E-state index contributed by atoms with van der Waals surface area (Å²) < 4.78 is 8.99. The monoisotopic (exact) mass is 973 g/mol. The number of pyridine rings is 1. The van der Waals surface area contributed by atoms with Gasteiger partial charge in [-0.1, -0.05) is 48.6 Å². The third kappa shape index (κ3) is 10.2. The Bertz CT molecular complexity index is 3200. The molecule has 4 N–H and O–H groups in total. The maximum atomic E-state index is 13.6. The number of carboxylic acids is 1. The molecule has 6 heterocycles. The number of carboxylic acid groups (broad SMARTS) is 1. The molecule has 17 heteroatoms. The largest absolute Gasteiger partial charge is 0.493 e. The molecule has 0 radical (unpaired) electrons. The average Bonchev–Trinajstić information content (AvgIpc) is 3.92. The summed E-state index contributed by atoms with van der Waals surface area (Å²) in [5, 5.41) is 24.8. The molecule has 0 bridgehead atoms. The Morgan fingerprint density at radius 1 is 0.901 bits per heavy atom. The Labute approximate surface area is 414 Å². The van der Waals surface area contributed by atoms with Crippen LogP contribution in [0.2, 0.25) is 0 Å². The highest BCUT2D eigenvalue weighted by molar-refractivity contribution is 7.22. The average molecular weight is 974 g/mol. The molecule has 364 valence electrons. The number of likely N-dealkylation sites (tertiary alicyclic amines) is 1. The lowest BCUT2D eigenvalue weighted by molar-refractivity contribution is -0.134. The van der Waals surface area contributed by atoms with Gasteiger partial charge in [-0.25, -0.2) is 14.8 Å². The Balaban J connectivity index is 0.703. The molecule has 0 saturated carbocycles. The van der Waals surface area contributed by atoms with Crippen LogP contribution in [-0.4, -0.2) is 92.1 Å². The van der Waals surface area contributed by atoms with Gasteiger partial charge >= 0.3 is 5.97 Å². The molecular formula is C54H55N9O7S. The molecule has 2 saturated heterocycles. The number of nitrogens with one attached hydrogen (secondary N) is 3. The highest BCUT2D eigenvalue weighted by Crippen LogP contribution is 2.35. The smallest absolute Gasteiger partial charge is 0.355 e. The molecule has 3 aliphatic heterocycles. The first-order chi connectivity index (χ1) is 34.3. The van der Waals surface area contributed by atoms with Crippen LogP contribution >= 0.6 is 11.3 Å². The topological polar surface area (TPSA) is 201 Å². The third-order valence-corrected chi connectivity index (χ3v) is 15.0. The minimum Gasteiger partial charge on any atom is -0.493 e. The fraction of sp³-hybridized carbons (Fsp3) is 0.333. The number of amides is 4. The van der Waals surface area contributed by atoms with Gasteiger partial charge in [-0.05, 0) is 147 Å². The van der Waals surface area contributed by atoms with E-state index in [1.165, 1.54) is 11.3 Å². The molecule has 16 nitrogen and oxygen atoms in total. The summed E-state index contributed by atoms with van der Waals surface area (Å²) in [6.45, 7) is 7.65. The van der Waals surface area contributed by atoms with Gasteiger partial charge in [-0.15, -0.1) is 0 Å². The summed E-state index contributed by atoms with van der Waals surface area (Å²) in [5.74, 6) is -0.475. The molecule has 7 aromatic rings. The molecule has 3 aromatic heterocycles. The Kier molecular flexibility index (Phi) is 13.3. The van der Waals surface area contributed by atoms with Crippen molar-refractivity contribution < 1.29 is 33.8 Å². The van der Waals surface area contributed by atoms with Gasteiger partial charge in [0.2, 0.25) is 17.7 Å². The van der Waals surface area contributed by atoms with Crippen LogP contribution in [0, 0.1) is 18.8 Å². The third-order valence-electron chi connectivity index (χ3n) is 14.0. The molecule has 0 aliphatic carbocycles. The number of aromatic nitrogens is 4. The first kappa shape index (κ1) is 47.2. The number of benzene rings is 4. The fourth-order valence-corrected chi connectivity index (χ4v) is 11.2. The van der Waals surface area contributed by atoms with Crippen molar-refractivity contribution in [2.24, 2.45) is 18.9 Å². The molecule has 0 spiro atoms. The summed E-state index contributed by atoms with van der Waals surface area (Å²) in [7, 11) is 1.81. The Morgan fingerprint density at radius 3 is 2.51 bits per heavy atom. The van der Waals surface area contributed by atoms with E-state index in [-0.39, 0.29) is 35.7 Å². The van der Waals surface area contributed by atoms with Crippen LogP contribution in [0.3, 0.4) is 0 Å². The minimum absolute atomic E-state index is 0.0432. The van der Waals surface area contributed by atoms with Crippen LogP contribution in [0.15, 0.2) is 91.0 Å². The lowest BCUT2D eigenvalue weighted by atomic mass is 9.88. The number of aromatic carboxylic acids is 1. The number of aryl methyl sites for hydroxylation is 2. The fourth-order valence-electron chi connectivity index (χ4n) is 10.3. The number of nitrogens with zero attached hydrogens (tertiary/aromatic N) is 6. The summed E-state index contributed by atoms with van der Waals surface area (Å²) in [6.07, 6.45) is 4.35. The lowest BCUT2D eigenvalue weighted by Gasteiger charge is -2.32. The van der Waals surface area contributed by atoms with E-state index < -0.39 is 11.9 Å². The van der Waals surface area contributed by atoms with Gasteiger partial charge in [0.05, 0.1) is 40.5 Å². The van der Waals surface area contributed by atoms with Gasteiger partial charge in [0, 0.05) is 48.8 Å². The molecule has 1 unspecified atom stereocenters. The zero-order chi connectivity index (χ0) is 49.3. The van der Waals surface area contributed by atoms with Gasteiger partial charge in [-0.3, -0.25) is 39.4 Å². The SMILES string of the molecule is Cc1cc(OC[C@@H](C)CC2CCN(CC(=O)Nc3ccc4c(C5CCC(=O)NC5=O)nn(C)c4c3)CC2)ccc1-c1ccc(N2CCc3cccc(C(=O)Nc4nc5ccccc5s4)c3C2)nc1C(=O)O. The van der Waals surface area contributed by atoms with Crippen molar-refractivity contribution in [1.82, 2.24) is 30.0 Å². The second-order valence-electron chi connectivity index (χ2n) is 19.1. The Morgan fingerprint density at radius 2 is 1.72 bits per heavy atom. The van der Waals surface area contributed by atoms with E-state index in [9.17, 15) is 29.1 Å². The van der Waals surface area contributed by atoms with Gasteiger partial charge in [0.1, 0.15) is 11.6 Å². The second kappa shape index (κ2) is 20.1. The molecule has 4 amide bonds. The van der Waals surface area contributed by atoms with Crippen molar-refractivity contribution in [3.05, 3.63) is 125 Å². The second-order valence-corrected chi connectivity index (χ2v) is 20.1. The molecule has 4 aromatic carbocycles. The number of rotatable bonds is 14. The minimum atomic E-state index is -1.12. The number of piperidine rings is 2. The first-order valence-corrected chi connectivity index (χ1v) is 25.0. The van der Waals surface area contributed by atoms with Crippen molar-refractivity contribution in [3.8, 4) is 16.9 Å². The first-order valence-electron chi connectivity index (χ1n) is 24.2.